The summed E-state index contributed by atoms with van der Waals surface area (Å²) in [6.45, 7) is 3.55. The van der Waals surface area contributed by atoms with Crippen molar-refractivity contribution in [2.45, 2.75) is 20.3 Å². The highest BCUT2D eigenvalue weighted by atomic mass is 19.2. The van der Waals surface area contributed by atoms with Crippen LogP contribution in [0.5, 0.6) is 5.75 Å². The maximum atomic E-state index is 13.6. The maximum Gasteiger partial charge on any atom is 0.226 e. The first-order chi connectivity index (χ1) is 12.8. The van der Waals surface area contributed by atoms with Crippen molar-refractivity contribution in [1.82, 2.24) is 0 Å². The van der Waals surface area contributed by atoms with Crippen molar-refractivity contribution in [3.05, 3.63) is 53.8 Å². The molecule has 0 atom stereocenters. The van der Waals surface area contributed by atoms with Crippen LogP contribution in [0.15, 0.2) is 36.4 Å². The van der Waals surface area contributed by atoms with E-state index in [4.69, 9.17) is 4.74 Å². The minimum atomic E-state index is -1.66. The first-order valence-corrected chi connectivity index (χ1v) is 8.28. The highest BCUT2D eigenvalue weighted by molar-refractivity contribution is 5.95. The van der Waals surface area contributed by atoms with E-state index in [9.17, 15) is 22.8 Å². The summed E-state index contributed by atoms with van der Waals surface area (Å²) < 4.78 is 45.3. The van der Waals surface area contributed by atoms with E-state index in [0.717, 1.165) is 6.07 Å². The second kappa shape index (κ2) is 9.07. The van der Waals surface area contributed by atoms with Crippen LogP contribution in [0.3, 0.4) is 0 Å². The fraction of sp³-hybridized carbons (Fsp3) is 0.263. The average molecular weight is 380 g/mol. The molecule has 5 nitrogen and oxygen atoms in total. The Morgan fingerprint density at radius 1 is 1.07 bits per heavy atom. The number of anilines is 2. The number of nitrogens with zero attached hydrogens (tertiary/aromatic N) is 1. The van der Waals surface area contributed by atoms with E-state index >= 15 is 0 Å². The summed E-state index contributed by atoms with van der Waals surface area (Å²) in [6, 6.07) is 8.51. The van der Waals surface area contributed by atoms with Crippen LogP contribution in [0.1, 0.15) is 20.3 Å². The smallest absolute Gasteiger partial charge is 0.226 e. The molecule has 0 fully saturated rings. The standard InChI is InChI=1S/C19H19F3N2O3/c1-3-27-16-7-5-4-6-15(16)24(12(2)25)11-10-17(26)23-14-9-8-13(20)18(21)19(14)22/h4-9H,3,10-11H2,1-2H3,(H,23,26). The molecule has 8 heteroatoms. The monoisotopic (exact) mass is 380 g/mol. The van der Waals surface area contributed by atoms with Crippen molar-refractivity contribution in [1.29, 1.82) is 0 Å². The molecule has 0 aliphatic heterocycles. The highest BCUT2D eigenvalue weighted by Crippen LogP contribution is 2.28. The van der Waals surface area contributed by atoms with Crippen LogP contribution in [0.25, 0.3) is 0 Å². The molecular formula is C19H19F3N2O3. The number of rotatable bonds is 7. The molecule has 27 heavy (non-hydrogen) atoms. The number of para-hydroxylation sites is 2. The van der Waals surface area contributed by atoms with Crippen LogP contribution >= 0.6 is 0 Å². The van der Waals surface area contributed by atoms with Gasteiger partial charge >= 0.3 is 0 Å². The van der Waals surface area contributed by atoms with Gasteiger partial charge in [0.05, 0.1) is 18.0 Å². The number of carbonyl (C=O) groups excluding carboxylic acids is 2. The molecule has 0 aliphatic rings. The first kappa shape index (κ1) is 20.3. The zero-order chi connectivity index (χ0) is 20.0. The predicted molar refractivity (Wildman–Crippen MR) is 95.2 cm³/mol. The molecule has 2 aromatic rings. The molecule has 2 rings (SSSR count). The average Bonchev–Trinajstić information content (AvgIpc) is 2.63. The lowest BCUT2D eigenvalue weighted by Crippen LogP contribution is -2.32. The Morgan fingerprint density at radius 3 is 2.44 bits per heavy atom. The lowest BCUT2D eigenvalue weighted by molar-refractivity contribution is -0.117. The molecule has 144 valence electrons. The van der Waals surface area contributed by atoms with E-state index in [0.29, 0.717) is 24.1 Å². The first-order valence-electron chi connectivity index (χ1n) is 8.28. The Kier molecular flexibility index (Phi) is 6.81. The van der Waals surface area contributed by atoms with Gasteiger partial charge in [0.25, 0.3) is 0 Å². The van der Waals surface area contributed by atoms with Gasteiger partial charge in [-0.3, -0.25) is 9.59 Å². The molecule has 0 aromatic heterocycles. The zero-order valence-electron chi connectivity index (χ0n) is 14.9. The topological polar surface area (TPSA) is 58.6 Å². The van der Waals surface area contributed by atoms with Crippen LogP contribution < -0.4 is 15.0 Å². The Labute approximate surface area is 154 Å². The van der Waals surface area contributed by atoms with Gasteiger partial charge in [0.2, 0.25) is 11.8 Å². The van der Waals surface area contributed by atoms with Crippen LogP contribution in [-0.2, 0) is 9.59 Å². The number of carbonyl (C=O) groups is 2. The van der Waals surface area contributed by atoms with Crippen LogP contribution in [0.4, 0.5) is 24.5 Å². The lowest BCUT2D eigenvalue weighted by Gasteiger charge is -2.23. The minimum Gasteiger partial charge on any atom is -0.492 e. The SMILES string of the molecule is CCOc1ccccc1N(CCC(=O)Nc1ccc(F)c(F)c1F)C(C)=O. The largest absolute Gasteiger partial charge is 0.492 e. The Balaban J connectivity index is 2.10. The molecule has 0 saturated carbocycles. The Hall–Kier alpha value is -3.03. The van der Waals surface area contributed by atoms with Crippen molar-refractivity contribution in [3.63, 3.8) is 0 Å². The van der Waals surface area contributed by atoms with Crippen molar-refractivity contribution in [2.75, 3.05) is 23.4 Å². The molecule has 0 radical (unpaired) electrons. The van der Waals surface area contributed by atoms with E-state index in [1.807, 2.05) is 0 Å². The fourth-order valence-corrected chi connectivity index (χ4v) is 2.45. The number of hydrogen-bond donors (Lipinski definition) is 1. The summed E-state index contributed by atoms with van der Waals surface area (Å²) in [7, 11) is 0. The van der Waals surface area contributed by atoms with Gasteiger partial charge in [-0.15, -0.1) is 0 Å². The van der Waals surface area contributed by atoms with Crippen LogP contribution in [0, 0.1) is 17.5 Å². The second-order valence-corrected chi connectivity index (χ2v) is 5.59. The number of nitrogens with one attached hydrogen (secondary N) is 1. The van der Waals surface area contributed by atoms with Crippen LogP contribution in [-0.4, -0.2) is 25.0 Å². The summed E-state index contributed by atoms with van der Waals surface area (Å²) in [4.78, 5) is 25.4. The van der Waals surface area contributed by atoms with Crippen molar-refractivity contribution < 1.29 is 27.5 Å². The van der Waals surface area contributed by atoms with Gasteiger partial charge in [-0.05, 0) is 31.2 Å². The van der Waals surface area contributed by atoms with E-state index in [1.165, 1.54) is 11.8 Å². The van der Waals surface area contributed by atoms with Gasteiger partial charge < -0.3 is 15.0 Å². The van der Waals surface area contributed by atoms with Crippen LogP contribution in [0.2, 0.25) is 0 Å². The third-order valence-corrected chi connectivity index (χ3v) is 3.71. The number of halogens is 3. The number of benzene rings is 2. The molecule has 0 bridgehead atoms. The lowest BCUT2D eigenvalue weighted by atomic mass is 10.2. The quantitative estimate of drug-likeness (QED) is 0.742. The second-order valence-electron chi connectivity index (χ2n) is 5.59. The van der Waals surface area contributed by atoms with Gasteiger partial charge in [0.1, 0.15) is 5.75 Å². The molecule has 0 aliphatic carbocycles. The third kappa shape index (κ3) is 4.99. The Bertz CT molecular complexity index is 843. The third-order valence-electron chi connectivity index (χ3n) is 3.71. The summed E-state index contributed by atoms with van der Waals surface area (Å²) in [5, 5.41) is 2.17. The van der Waals surface area contributed by atoms with Crippen molar-refractivity contribution >= 4 is 23.2 Å². The predicted octanol–water partition coefficient (Wildman–Crippen LogP) is 3.88. The molecule has 1 N–H and O–H groups in total. The molecule has 2 aromatic carbocycles. The minimum absolute atomic E-state index is 0.00342. The molecule has 0 unspecified atom stereocenters. The number of amides is 2. The van der Waals surface area contributed by atoms with E-state index in [-0.39, 0.29) is 18.9 Å². The molecule has 0 spiro atoms. The number of ether oxygens (including phenoxy) is 1. The van der Waals surface area contributed by atoms with Gasteiger partial charge in [-0.1, -0.05) is 12.1 Å². The summed E-state index contributed by atoms with van der Waals surface area (Å²) >= 11 is 0. The molecular weight excluding hydrogens is 361 g/mol. The van der Waals surface area contributed by atoms with Gasteiger partial charge in [0.15, 0.2) is 17.5 Å². The summed E-state index contributed by atoms with van der Waals surface area (Å²) in [6.07, 6.45) is -0.182. The van der Waals surface area contributed by atoms with Gasteiger partial charge in [-0.2, -0.15) is 0 Å². The van der Waals surface area contributed by atoms with E-state index < -0.39 is 29.0 Å². The number of hydrogen-bond acceptors (Lipinski definition) is 3. The normalized spacial score (nSPS) is 10.4. The van der Waals surface area contributed by atoms with E-state index in [2.05, 4.69) is 5.32 Å². The zero-order valence-corrected chi connectivity index (χ0v) is 14.9. The van der Waals surface area contributed by atoms with Gasteiger partial charge in [0, 0.05) is 19.9 Å². The summed E-state index contributed by atoms with van der Waals surface area (Å²) in [5.74, 6) is -4.96. The van der Waals surface area contributed by atoms with Crippen molar-refractivity contribution in [2.24, 2.45) is 0 Å². The maximum absolute atomic E-state index is 13.6. The van der Waals surface area contributed by atoms with Crippen molar-refractivity contribution in [3.8, 4) is 5.75 Å². The fourth-order valence-electron chi connectivity index (χ4n) is 2.45. The molecule has 0 heterocycles. The highest BCUT2D eigenvalue weighted by Gasteiger charge is 2.19. The molecule has 0 saturated heterocycles. The summed E-state index contributed by atoms with van der Waals surface area (Å²) in [5.41, 5.74) is 0.0293. The Morgan fingerprint density at radius 2 is 1.78 bits per heavy atom. The van der Waals surface area contributed by atoms with E-state index in [1.54, 1.807) is 31.2 Å². The van der Waals surface area contributed by atoms with Gasteiger partial charge in [-0.25, -0.2) is 13.2 Å². The molecule has 2 amide bonds.